The predicted molar refractivity (Wildman–Crippen MR) is 63.2 cm³/mol. The Kier molecular flexibility index (Phi) is 7.05. The zero-order chi connectivity index (χ0) is 13.6. The third-order valence-corrected chi connectivity index (χ3v) is 1.53. The lowest BCUT2D eigenvalue weighted by Gasteiger charge is -2.14. The first kappa shape index (κ1) is 17.3. The molecule has 4 heteroatoms. The molecule has 0 saturated carbocycles. The van der Waals surface area contributed by atoms with Gasteiger partial charge in [0.25, 0.3) is 0 Å². The number of hydrogen-bond acceptors (Lipinski definition) is 3. The lowest BCUT2D eigenvalue weighted by Crippen LogP contribution is -2.22. The molecule has 0 bridgehead atoms. The van der Waals surface area contributed by atoms with Crippen molar-refractivity contribution in [1.29, 1.82) is 0 Å². The number of carboxylic acids is 1. The fourth-order valence-electron chi connectivity index (χ4n) is 0.348. The van der Waals surface area contributed by atoms with Crippen LogP contribution in [0.3, 0.4) is 0 Å². The van der Waals surface area contributed by atoms with Gasteiger partial charge in [-0.2, -0.15) is 0 Å². The van der Waals surface area contributed by atoms with Crippen LogP contribution in [0.1, 0.15) is 48.5 Å². The molecule has 96 valence electrons. The molecule has 0 atom stereocenters. The van der Waals surface area contributed by atoms with Crippen molar-refractivity contribution in [1.82, 2.24) is 0 Å². The van der Waals surface area contributed by atoms with Gasteiger partial charge in [0.15, 0.2) is 0 Å². The van der Waals surface area contributed by atoms with Crippen LogP contribution in [-0.2, 0) is 14.3 Å². The minimum atomic E-state index is -0.757. The summed E-state index contributed by atoms with van der Waals surface area (Å²) in [7, 11) is 0. The van der Waals surface area contributed by atoms with Crippen LogP contribution in [0.15, 0.2) is 0 Å². The molecule has 0 radical (unpaired) electrons. The molecule has 0 aromatic carbocycles. The van der Waals surface area contributed by atoms with Crippen molar-refractivity contribution in [3.8, 4) is 0 Å². The number of rotatable bonds is 1. The van der Waals surface area contributed by atoms with Crippen LogP contribution in [0.5, 0.6) is 0 Å². The summed E-state index contributed by atoms with van der Waals surface area (Å²) in [6.07, 6.45) is 0. The molecular formula is C12H24O4. The van der Waals surface area contributed by atoms with E-state index in [1.165, 1.54) is 0 Å². The minimum Gasteiger partial charge on any atom is -0.481 e. The van der Waals surface area contributed by atoms with E-state index < -0.39 is 11.4 Å². The largest absolute Gasteiger partial charge is 0.481 e. The highest BCUT2D eigenvalue weighted by atomic mass is 16.5. The monoisotopic (exact) mass is 232 g/mol. The maximum atomic E-state index is 10.8. The van der Waals surface area contributed by atoms with Crippen LogP contribution >= 0.6 is 0 Å². The van der Waals surface area contributed by atoms with Crippen molar-refractivity contribution >= 4 is 11.9 Å². The van der Waals surface area contributed by atoms with E-state index in [4.69, 9.17) is 9.84 Å². The van der Waals surface area contributed by atoms with E-state index in [1.54, 1.807) is 20.8 Å². The van der Waals surface area contributed by atoms with E-state index in [-0.39, 0.29) is 11.4 Å². The summed E-state index contributed by atoms with van der Waals surface area (Å²) in [5, 5.41) is 8.25. The highest BCUT2D eigenvalue weighted by Crippen LogP contribution is 2.14. The zero-order valence-corrected chi connectivity index (χ0v) is 11.4. The molecular weight excluding hydrogens is 208 g/mol. The second kappa shape index (κ2) is 6.51. The van der Waals surface area contributed by atoms with E-state index in [0.29, 0.717) is 6.61 Å². The first-order valence-corrected chi connectivity index (χ1v) is 5.33. The Morgan fingerprint density at radius 2 is 1.31 bits per heavy atom. The Balaban J connectivity index is 0. The van der Waals surface area contributed by atoms with Gasteiger partial charge in [0.1, 0.15) is 0 Å². The van der Waals surface area contributed by atoms with Gasteiger partial charge < -0.3 is 9.84 Å². The van der Waals surface area contributed by atoms with Crippen LogP contribution in [0.2, 0.25) is 0 Å². The first-order valence-electron chi connectivity index (χ1n) is 5.33. The minimum absolute atomic E-state index is 0.134. The average molecular weight is 232 g/mol. The smallest absolute Gasteiger partial charge is 0.311 e. The normalized spacial score (nSPS) is 11.2. The second-order valence-corrected chi connectivity index (χ2v) is 5.53. The van der Waals surface area contributed by atoms with Crippen molar-refractivity contribution < 1.29 is 19.4 Å². The van der Waals surface area contributed by atoms with Crippen LogP contribution in [0.4, 0.5) is 0 Å². The average Bonchev–Trinajstić information content (AvgIpc) is 2.02. The highest BCUT2D eigenvalue weighted by Gasteiger charge is 2.21. The third-order valence-electron chi connectivity index (χ3n) is 1.53. The highest BCUT2D eigenvalue weighted by molar-refractivity contribution is 5.75. The number of hydrogen-bond donors (Lipinski definition) is 1. The first-order chi connectivity index (χ1) is 6.92. The maximum absolute atomic E-state index is 10.8. The van der Waals surface area contributed by atoms with E-state index in [2.05, 4.69) is 0 Å². The summed E-state index contributed by atoms with van der Waals surface area (Å²) in [5.41, 5.74) is -0.935. The van der Waals surface area contributed by atoms with E-state index in [9.17, 15) is 9.59 Å². The Morgan fingerprint density at radius 3 is 1.38 bits per heavy atom. The summed E-state index contributed by atoms with van der Waals surface area (Å²) in [6, 6.07) is 0. The van der Waals surface area contributed by atoms with E-state index >= 15 is 0 Å². The number of carboxylic acid groups (broad SMARTS) is 1. The van der Waals surface area contributed by atoms with Crippen LogP contribution in [0.25, 0.3) is 0 Å². The summed E-state index contributed by atoms with van der Waals surface area (Å²) in [4.78, 5) is 20.9. The number of carbonyl (C=O) groups is 2. The molecule has 0 fully saturated rings. The van der Waals surface area contributed by atoms with Crippen LogP contribution < -0.4 is 0 Å². The fourth-order valence-corrected chi connectivity index (χ4v) is 0.348. The van der Waals surface area contributed by atoms with Crippen molar-refractivity contribution in [2.24, 2.45) is 10.8 Å². The van der Waals surface area contributed by atoms with Gasteiger partial charge in [-0.3, -0.25) is 9.59 Å². The standard InChI is InChI=1S/C7H14O2.C5H10O2/c1-5-9-6(8)7(2,3)4;1-5(2,3)4(6)7/h5H2,1-4H3;1-3H3,(H,6,7). The molecule has 4 nitrogen and oxygen atoms in total. The van der Waals surface area contributed by atoms with Gasteiger partial charge in [0, 0.05) is 0 Å². The second-order valence-electron chi connectivity index (χ2n) is 5.53. The van der Waals surface area contributed by atoms with Crippen molar-refractivity contribution in [2.75, 3.05) is 6.61 Å². The topological polar surface area (TPSA) is 63.6 Å². The van der Waals surface area contributed by atoms with Gasteiger partial charge in [-0.25, -0.2) is 0 Å². The quantitative estimate of drug-likeness (QED) is 0.706. The molecule has 0 aromatic rings. The van der Waals surface area contributed by atoms with Crippen LogP contribution in [0, 0.1) is 10.8 Å². The summed E-state index contributed by atoms with van der Waals surface area (Å²) in [6.45, 7) is 12.8. The third kappa shape index (κ3) is 9.49. The molecule has 0 saturated heterocycles. The van der Waals surface area contributed by atoms with E-state index in [0.717, 1.165) is 0 Å². The molecule has 0 spiro atoms. The van der Waals surface area contributed by atoms with Crippen molar-refractivity contribution in [2.45, 2.75) is 48.5 Å². The Morgan fingerprint density at radius 1 is 1.00 bits per heavy atom. The summed E-state index contributed by atoms with van der Waals surface area (Å²) >= 11 is 0. The summed E-state index contributed by atoms with van der Waals surface area (Å²) in [5.74, 6) is -0.891. The number of ether oxygens (including phenoxy) is 1. The molecule has 0 amide bonds. The van der Waals surface area contributed by atoms with Gasteiger partial charge in [-0.05, 0) is 48.5 Å². The maximum Gasteiger partial charge on any atom is 0.311 e. The molecule has 0 unspecified atom stereocenters. The van der Waals surface area contributed by atoms with Gasteiger partial charge in [0.05, 0.1) is 17.4 Å². The molecule has 0 aromatic heterocycles. The number of esters is 1. The van der Waals surface area contributed by atoms with Crippen molar-refractivity contribution in [3.63, 3.8) is 0 Å². The lowest BCUT2D eigenvalue weighted by molar-refractivity contribution is -0.152. The zero-order valence-electron chi connectivity index (χ0n) is 11.4. The Labute approximate surface area is 98.0 Å². The Hall–Kier alpha value is -1.06. The van der Waals surface area contributed by atoms with Gasteiger partial charge in [-0.15, -0.1) is 0 Å². The number of aliphatic carboxylic acids is 1. The SMILES string of the molecule is CC(C)(C)C(=O)O.CCOC(=O)C(C)(C)C. The molecule has 0 aliphatic heterocycles. The molecule has 1 N–H and O–H groups in total. The number of carbonyl (C=O) groups excluding carboxylic acids is 1. The van der Waals surface area contributed by atoms with Gasteiger partial charge in [0.2, 0.25) is 0 Å². The van der Waals surface area contributed by atoms with Crippen molar-refractivity contribution in [3.05, 3.63) is 0 Å². The predicted octanol–water partition coefficient (Wildman–Crippen LogP) is 2.71. The van der Waals surface area contributed by atoms with E-state index in [1.807, 2.05) is 27.7 Å². The molecule has 0 aliphatic rings. The molecule has 0 rings (SSSR count). The van der Waals surface area contributed by atoms with Crippen LogP contribution in [-0.4, -0.2) is 23.7 Å². The molecule has 0 aliphatic carbocycles. The fraction of sp³-hybridized carbons (Fsp3) is 0.833. The lowest BCUT2D eigenvalue weighted by atomic mass is 9.97. The Bertz CT molecular complexity index is 230. The van der Waals surface area contributed by atoms with Gasteiger partial charge in [-0.1, -0.05) is 0 Å². The summed E-state index contributed by atoms with van der Waals surface area (Å²) < 4.78 is 4.77. The van der Waals surface area contributed by atoms with Gasteiger partial charge >= 0.3 is 11.9 Å². The molecule has 0 heterocycles. The molecule has 16 heavy (non-hydrogen) atoms.